The molecule has 3 heterocycles. The molecule has 1 aliphatic heterocycles. The highest BCUT2D eigenvalue weighted by Crippen LogP contribution is 2.30. The van der Waals surface area contributed by atoms with E-state index in [0.717, 1.165) is 73.7 Å². The standard InChI is InChI=1S/C18H19N3OS.C11H13NO2/c1-2-4-17-16(3-1)18(20-19-17)8-7-14-5-6-15(23-14)13-21-9-11-22-12-10-21;1-14-10-6-4-9(5-7-10)12-11(13)8-2-3-8/h1-8H,9-13H2,(H,19,20);4-8H,2-3H2,1H3,(H,12,13)/b8-7+;. The van der Waals surface area contributed by atoms with E-state index in [2.05, 4.69) is 50.8 Å². The maximum Gasteiger partial charge on any atom is 0.227 e. The van der Waals surface area contributed by atoms with Crippen LogP contribution in [0, 0.1) is 5.92 Å². The predicted molar refractivity (Wildman–Crippen MR) is 150 cm³/mol. The van der Waals surface area contributed by atoms with E-state index in [4.69, 9.17) is 9.47 Å². The van der Waals surface area contributed by atoms with Gasteiger partial charge in [-0.3, -0.25) is 14.8 Å². The molecule has 0 radical (unpaired) electrons. The number of hydrogen-bond acceptors (Lipinski definition) is 6. The summed E-state index contributed by atoms with van der Waals surface area (Å²) < 4.78 is 10.4. The van der Waals surface area contributed by atoms with Crippen molar-refractivity contribution < 1.29 is 14.3 Å². The highest BCUT2D eigenvalue weighted by atomic mass is 32.1. The summed E-state index contributed by atoms with van der Waals surface area (Å²) in [6.45, 7) is 4.78. The fourth-order valence-electron chi connectivity index (χ4n) is 4.09. The quantitative estimate of drug-likeness (QED) is 0.331. The second kappa shape index (κ2) is 12.2. The maximum atomic E-state index is 11.4. The molecule has 1 saturated carbocycles. The van der Waals surface area contributed by atoms with Crippen molar-refractivity contribution in [3.63, 3.8) is 0 Å². The Balaban J connectivity index is 0.000000171. The second-order valence-electron chi connectivity index (χ2n) is 9.17. The molecule has 0 spiro atoms. The molecule has 7 nitrogen and oxygen atoms in total. The number of amides is 1. The van der Waals surface area contributed by atoms with Gasteiger partial charge in [-0.05, 0) is 67.5 Å². The van der Waals surface area contributed by atoms with Gasteiger partial charge in [0.1, 0.15) is 5.75 Å². The number of rotatable bonds is 7. The van der Waals surface area contributed by atoms with E-state index in [1.54, 1.807) is 7.11 Å². The maximum absolute atomic E-state index is 11.4. The van der Waals surface area contributed by atoms with Crippen LogP contribution in [0.3, 0.4) is 0 Å². The Kier molecular flexibility index (Phi) is 8.30. The van der Waals surface area contributed by atoms with E-state index >= 15 is 0 Å². The molecule has 1 amide bonds. The van der Waals surface area contributed by atoms with Crippen LogP contribution in [0.2, 0.25) is 0 Å². The number of benzene rings is 2. The number of nitrogens with zero attached hydrogens (tertiary/aromatic N) is 2. The van der Waals surface area contributed by atoms with Crippen molar-refractivity contribution in [3.05, 3.63) is 76.1 Å². The van der Waals surface area contributed by atoms with Crippen LogP contribution < -0.4 is 10.1 Å². The number of fused-ring (bicyclic) bond motifs is 1. The van der Waals surface area contributed by atoms with Crippen molar-refractivity contribution in [2.24, 2.45) is 5.92 Å². The van der Waals surface area contributed by atoms with Gasteiger partial charge in [-0.15, -0.1) is 11.3 Å². The number of nitrogens with one attached hydrogen (secondary N) is 2. The number of methoxy groups -OCH3 is 1. The summed E-state index contributed by atoms with van der Waals surface area (Å²) in [6.07, 6.45) is 6.29. The summed E-state index contributed by atoms with van der Waals surface area (Å²) in [6, 6.07) is 20.0. The smallest absolute Gasteiger partial charge is 0.227 e. The number of carbonyl (C=O) groups is 1. The predicted octanol–water partition coefficient (Wildman–Crippen LogP) is 5.67. The van der Waals surface area contributed by atoms with Crippen molar-refractivity contribution in [3.8, 4) is 5.75 Å². The highest BCUT2D eigenvalue weighted by Gasteiger charge is 2.29. The first-order chi connectivity index (χ1) is 18.2. The zero-order valence-electron chi connectivity index (χ0n) is 21.0. The van der Waals surface area contributed by atoms with Gasteiger partial charge in [-0.25, -0.2) is 0 Å². The first-order valence-corrected chi connectivity index (χ1v) is 13.4. The first kappa shape index (κ1) is 25.2. The number of ether oxygens (including phenoxy) is 2. The summed E-state index contributed by atoms with van der Waals surface area (Å²) in [5.41, 5.74) is 2.90. The number of para-hydroxylation sites is 1. The average Bonchev–Trinajstić information content (AvgIpc) is 3.58. The van der Waals surface area contributed by atoms with Crippen molar-refractivity contribution >= 4 is 46.0 Å². The van der Waals surface area contributed by atoms with Crippen molar-refractivity contribution in [2.75, 3.05) is 38.7 Å². The van der Waals surface area contributed by atoms with Crippen LogP contribution in [-0.2, 0) is 16.1 Å². The molecule has 2 aliphatic rings. The van der Waals surface area contributed by atoms with Crippen LogP contribution in [0.5, 0.6) is 5.75 Å². The third-order valence-corrected chi connectivity index (χ3v) is 7.41. The van der Waals surface area contributed by atoms with E-state index in [9.17, 15) is 4.79 Å². The number of aromatic nitrogens is 2. The van der Waals surface area contributed by atoms with Crippen LogP contribution in [0.1, 0.15) is 28.3 Å². The van der Waals surface area contributed by atoms with E-state index < -0.39 is 0 Å². The van der Waals surface area contributed by atoms with Gasteiger partial charge >= 0.3 is 0 Å². The van der Waals surface area contributed by atoms with Gasteiger partial charge in [0.25, 0.3) is 0 Å². The number of carbonyl (C=O) groups excluding carboxylic acids is 1. The summed E-state index contributed by atoms with van der Waals surface area (Å²) in [5.74, 6) is 1.18. The normalized spacial score (nSPS) is 15.9. The summed E-state index contributed by atoms with van der Waals surface area (Å²) in [4.78, 5) is 16.5. The zero-order valence-corrected chi connectivity index (χ0v) is 21.8. The molecule has 37 heavy (non-hydrogen) atoms. The second-order valence-corrected chi connectivity index (χ2v) is 10.4. The molecule has 4 aromatic rings. The van der Waals surface area contributed by atoms with Crippen molar-refractivity contribution in [2.45, 2.75) is 19.4 Å². The molecule has 6 rings (SSSR count). The largest absolute Gasteiger partial charge is 0.497 e. The minimum absolute atomic E-state index is 0.134. The molecule has 1 aliphatic carbocycles. The van der Waals surface area contributed by atoms with Gasteiger partial charge in [-0.1, -0.05) is 18.2 Å². The van der Waals surface area contributed by atoms with Gasteiger partial charge < -0.3 is 14.8 Å². The topological polar surface area (TPSA) is 79.5 Å². The van der Waals surface area contributed by atoms with Gasteiger partial charge in [-0.2, -0.15) is 5.10 Å². The molecule has 8 heteroatoms. The van der Waals surface area contributed by atoms with Gasteiger partial charge in [0.05, 0.1) is 31.5 Å². The Hall–Kier alpha value is -3.46. The molecular weight excluding hydrogens is 484 g/mol. The van der Waals surface area contributed by atoms with Crippen LogP contribution in [0.15, 0.2) is 60.7 Å². The number of hydrogen-bond donors (Lipinski definition) is 2. The Bertz CT molecular complexity index is 1330. The van der Waals surface area contributed by atoms with E-state index in [1.165, 1.54) is 9.75 Å². The molecule has 192 valence electrons. The molecule has 0 unspecified atom stereocenters. The molecule has 2 aromatic heterocycles. The molecule has 2 N–H and O–H groups in total. The Labute approximate surface area is 221 Å². The number of morpholine rings is 1. The van der Waals surface area contributed by atoms with Crippen LogP contribution in [0.25, 0.3) is 23.1 Å². The molecule has 0 atom stereocenters. The summed E-state index contributed by atoms with van der Waals surface area (Å²) in [7, 11) is 1.62. The summed E-state index contributed by atoms with van der Waals surface area (Å²) in [5, 5.41) is 11.5. The van der Waals surface area contributed by atoms with Crippen molar-refractivity contribution in [1.82, 2.24) is 15.1 Å². The van der Waals surface area contributed by atoms with E-state index in [-0.39, 0.29) is 11.8 Å². The Morgan fingerprint density at radius 1 is 1.11 bits per heavy atom. The number of anilines is 1. The SMILES string of the molecule is C(=C\c1n[nH]c2ccccc12)/c1ccc(CN2CCOCC2)s1.COc1ccc(NC(=O)C2CC2)cc1. The van der Waals surface area contributed by atoms with Gasteiger partial charge in [0.2, 0.25) is 5.91 Å². The molecule has 2 fully saturated rings. The monoisotopic (exact) mass is 516 g/mol. The molecular formula is C29H32N4O3S. The molecule has 1 saturated heterocycles. The number of H-pyrrole nitrogens is 1. The lowest BCUT2D eigenvalue weighted by atomic mass is 10.2. The fourth-order valence-corrected chi connectivity index (χ4v) is 5.04. The van der Waals surface area contributed by atoms with E-state index in [1.807, 2.05) is 53.8 Å². The Morgan fingerprint density at radius 3 is 2.65 bits per heavy atom. The Morgan fingerprint density at radius 2 is 1.89 bits per heavy atom. The third kappa shape index (κ3) is 7.07. The number of thiophene rings is 1. The average molecular weight is 517 g/mol. The fraction of sp³-hybridized carbons (Fsp3) is 0.310. The first-order valence-electron chi connectivity index (χ1n) is 12.6. The lowest BCUT2D eigenvalue weighted by molar-refractivity contribution is -0.117. The van der Waals surface area contributed by atoms with Crippen LogP contribution >= 0.6 is 11.3 Å². The van der Waals surface area contributed by atoms with Crippen molar-refractivity contribution in [1.29, 1.82) is 0 Å². The highest BCUT2D eigenvalue weighted by molar-refractivity contribution is 7.12. The number of aromatic amines is 1. The van der Waals surface area contributed by atoms with Crippen LogP contribution in [0.4, 0.5) is 5.69 Å². The lowest BCUT2D eigenvalue weighted by Gasteiger charge is -2.25. The van der Waals surface area contributed by atoms with E-state index in [0.29, 0.717) is 0 Å². The lowest BCUT2D eigenvalue weighted by Crippen LogP contribution is -2.35. The molecule has 0 bridgehead atoms. The minimum Gasteiger partial charge on any atom is -0.497 e. The summed E-state index contributed by atoms with van der Waals surface area (Å²) >= 11 is 1.85. The third-order valence-electron chi connectivity index (χ3n) is 6.38. The zero-order chi connectivity index (χ0) is 25.5. The molecule has 2 aromatic carbocycles. The minimum atomic E-state index is 0.134. The van der Waals surface area contributed by atoms with Gasteiger partial charge in [0.15, 0.2) is 0 Å². The van der Waals surface area contributed by atoms with Gasteiger partial charge in [0, 0.05) is 46.4 Å². The van der Waals surface area contributed by atoms with Crippen LogP contribution in [-0.4, -0.2) is 54.4 Å².